The molecule has 5 nitrogen and oxygen atoms in total. The van der Waals surface area contributed by atoms with Crippen LogP contribution in [0.4, 0.5) is 11.5 Å². The van der Waals surface area contributed by atoms with Crippen LogP contribution in [-0.4, -0.2) is 34.8 Å². The van der Waals surface area contributed by atoms with Gasteiger partial charge in [0.1, 0.15) is 11.6 Å². The minimum absolute atomic E-state index is 0.427. The molecule has 0 unspecified atom stereocenters. The first-order valence-electron chi connectivity index (χ1n) is 9.68. The average Bonchev–Trinajstić information content (AvgIpc) is 2.63. The number of rotatable bonds is 3. The third-order valence-electron chi connectivity index (χ3n) is 5.94. The minimum atomic E-state index is -0.427. The molecule has 1 aromatic carbocycles. The molecule has 5 heteroatoms. The fourth-order valence-electron chi connectivity index (χ4n) is 4.12. The highest BCUT2D eigenvalue weighted by atomic mass is 16.7. The second-order valence-electron chi connectivity index (χ2n) is 7.58. The summed E-state index contributed by atoms with van der Waals surface area (Å²) in [6.45, 7) is 2.77. The van der Waals surface area contributed by atoms with Crippen molar-refractivity contribution < 1.29 is 9.47 Å². The monoisotopic (exact) mass is 351 g/mol. The summed E-state index contributed by atoms with van der Waals surface area (Å²) in [6, 6.07) is 12.9. The van der Waals surface area contributed by atoms with E-state index in [1.165, 1.54) is 19.3 Å². The van der Waals surface area contributed by atoms with Gasteiger partial charge in [0.2, 0.25) is 5.79 Å². The summed E-state index contributed by atoms with van der Waals surface area (Å²) < 4.78 is 12.6. The van der Waals surface area contributed by atoms with Crippen molar-refractivity contribution in [1.82, 2.24) is 9.88 Å². The maximum atomic E-state index is 6.35. The largest absolute Gasteiger partial charge is 0.462 e. The summed E-state index contributed by atoms with van der Waals surface area (Å²) in [4.78, 5) is 6.93. The number of likely N-dealkylation sites (tertiary alicyclic amines) is 1. The number of pyridine rings is 1. The average molecular weight is 351 g/mol. The van der Waals surface area contributed by atoms with Gasteiger partial charge >= 0.3 is 0 Å². The third-order valence-corrected chi connectivity index (χ3v) is 5.94. The van der Waals surface area contributed by atoms with Crippen LogP contribution in [0.1, 0.15) is 37.7 Å². The van der Waals surface area contributed by atoms with Crippen LogP contribution < -0.4 is 10.1 Å². The summed E-state index contributed by atoms with van der Waals surface area (Å²) in [6.07, 6.45) is 7.81. The fourth-order valence-corrected chi connectivity index (χ4v) is 4.12. The molecule has 0 radical (unpaired) electrons. The molecule has 1 spiro atoms. The molecule has 1 aliphatic carbocycles. The zero-order valence-corrected chi connectivity index (χ0v) is 15.0. The van der Waals surface area contributed by atoms with Gasteiger partial charge in [0.25, 0.3) is 0 Å². The highest BCUT2D eigenvalue weighted by Crippen LogP contribution is 2.40. The first kappa shape index (κ1) is 16.1. The number of hydrogen-bond acceptors (Lipinski definition) is 5. The maximum absolute atomic E-state index is 6.35. The smallest absolute Gasteiger partial charge is 0.213 e. The van der Waals surface area contributed by atoms with Gasteiger partial charge in [-0.2, -0.15) is 0 Å². The van der Waals surface area contributed by atoms with Crippen molar-refractivity contribution in [3.8, 4) is 5.75 Å². The Bertz CT molecular complexity index is 768. The van der Waals surface area contributed by atoms with E-state index >= 15 is 0 Å². The van der Waals surface area contributed by atoms with Gasteiger partial charge in [-0.15, -0.1) is 0 Å². The number of fused-ring (bicyclic) bond motifs is 1. The topological polar surface area (TPSA) is 46.6 Å². The molecule has 2 fully saturated rings. The summed E-state index contributed by atoms with van der Waals surface area (Å²) in [5, 5.41) is 3.33. The summed E-state index contributed by atoms with van der Waals surface area (Å²) in [5.74, 6) is 1.37. The van der Waals surface area contributed by atoms with Crippen LogP contribution in [0.15, 0.2) is 42.6 Å². The van der Waals surface area contributed by atoms with Crippen molar-refractivity contribution in [2.75, 3.05) is 18.4 Å². The van der Waals surface area contributed by atoms with Gasteiger partial charge in [0.05, 0.1) is 6.61 Å². The molecule has 3 aliphatic rings. The van der Waals surface area contributed by atoms with Gasteiger partial charge in [-0.25, -0.2) is 4.98 Å². The number of nitrogens with zero attached hydrogens (tertiary/aromatic N) is 2. The molecule has 26 heavy (non-hydrogen) atoms. The molecule has 0 atom stereocenters. The molecule has 1 saturated heterocycles. The van der Waals surface area contributed by atoms with Crippen molar-refractivity contribution in [3.63, 3.8) is 0 Å². The second-order valence-corrected chi connectivity index (χ2v) is 7.58. The van der Waals surface area contributed by atoms with Crippen LogP contribution in [0, 0.1) is 0 Å². The Kier molecular flexibility index (Phi) is 4.06. The predicted octanol–water partition coefficient (Wildman–Crippen LogP) is 4.08. The van der Waals surface area contributed by atoms with Crippen LogP contribution in [0.3, 0.4) is 0 Å². The molecule has 5 rings (SSSR count). The van der Waals surface area contributed by atoms with Crippen molar-refractivity contribution in [2.24, 2.45) is 0 Å². The van der Waals surface area contributed by atoms with E-state index in [9.17, 15) is 0 Å². The van der Waals surface area contributed by atoms with Crippen LogP contribution >= 0.6 is 0 Å². The quantitative estimate of drug-likeness (QED) is 0.903. The molecule has 136 valence electrons. The van der Waals surface area contributed by atoms with E-state index < -0.39 is 5.79 Å². The Morgan fingerprint density at radius 1 is 1.12 bits per heavy atom. The second kappa shape index (κ2) is 6.56. The number of nitrogens with one attached hydrogen (secondary N) is 1. The normalized spacial score (nSPS) is 22.3. The molecular formula is C21H25N3O2. The molecule has 0 amide bonds. The van der Waals surface area contributed by atoms with E-state index in [0.717, 1.165) is 54.8 Å². The molecule has 1 saturated carbocycles. The molecule has 0 bridgehead atoms. The summed E-state index contributed by atoms with van der Waals surface area (Å²) >= 11 is 0. The maximum Gasteiger partial charge on any atom is 0.213 e. The fraction of sp³-hybridized carbons (Fsp3) is 0.476. The van der Waals surface area contributed by atoms with E-state index in [1.54, 1.807) is 6.20 Å². The molecule has 3 heterocycles. The first-order chi connectivity index (χ1) is 12.8. The zero-order valence-electron chi connectivity index (χ0n) is 15.0. The number of piperidine rings is 1. The van der Waals surface area contributed by atoms with Crippen LogP contribution in [0.5, 0.6) is 5.75 Å². The number of ether oxygens (including phenoxy) is 2. The Balaban J connectivity index is 1.26. The summed E-state index contributed by atoms with van der Waals surface area (Å²) in [7, 11) is 0. The number of benzene rings is 1. The van der Waals surface area contributed by atoms with Gasteiger partial charge in [-0.1, -0.05) is 12.5 Å². The summed E-state index contributed by atoms with van der Waals surface area (Å²) in [5.41, 5.74) is 2.10. The Morgan fingerprint density at radius 3 is 2.73 bits per heavy atom. The SMILES string of the molecule is c1ccc(Nc2ccc3c(c2)COC2(CCN(C4CCC4)CC2)O3)nc1. The number of aromatic nitrogens is 1. The van der Waals surface area contributed by atoms with Crippen molar-refractivity contribution >= 4 is 11.5 Å². The standard InChI is InChI=1S/C21H25N3O2/c1-2-11-22-20(6-1)23-17-7-8-19-16(14-17)15-25-21(26-19)9-12-24(13-10-21)18-4-3-5-18/h1-2,6-8,11,14,18H,3-5,9-10,12-13,15H2,(H,22,23). The lowest BCUT2D eigenvalue weighted by atomic mass is 9.89. The predicted molar refractivity (Wildman–Crippen MR) is 101 cm³/mol. The molecule has 1 N–H and O–H groups in total. The van der Waals surface area contributed by atoms with Gasteiger partial charge in [0, 0.05) is 49.4 Å². The zero-order chi connectivity index (χ0) is 17.4. The van der Waals surface area contributed by atoms with Crippen molar-refractivity contribution in [2.45, 2.75) is 50.5 Å². The van der Waals surface area contributed by atoms with Gasteiger partial charge in [-0.05, 0) is 43.2 Å². The van der Waals surface area contributed by atoms with E-state index in [4.69, 9.17) is 9.47 Å². The lowest BCUT2D eigenvalue weighted by molar-refractivity contribution is -0.231. The molecule has 2 aliphatic heterocycles. The van der Waals surface area contributed by atoms with Gasteiger partial charge in [-0.3, -0.25) is 4.90 Å². The lowest BCUT2D eigenvalue weighted by Crippen LogP contribution is -2.54. The van der Waals surface area contributed by atoms with E-state index in [2.05, 4.69) is 33.4 Å². The lowest BCUT2D eigenvalue weighted by Gasteiger charge is -2.47. The number of hydrogen-bond donors (Lipinski definition) is 1. The van der Waals surface area contributed by atoms with Crippen molar-refractivity contribution in [1.29, 1.82) is 0 Å². The molecule has 2 aromatic rings. The highest BCUT2D eigenvalue weighted by molar-refractivity contribution is 5.59. The van der Waals surface area contributed by atoms with Crippen LogP contribution in [0.25, 0.3) is 0 Å². The van der Waals surface area contributed by atoms with Gasteiger partial charge in [0.15, 0.2) is 0 Å². The van der Waals surface area contributed by atoms with Gasteiger partial charge < -0.3 is 14.8 Å². The van der Waals surface area contributed by atoms with E-state index in [1.807, 2.05) is 18.2 Å². The first-order valence-corrected chi connectivity index (χ1v) is 9.68. The Morgan fingerprint density at radius 2 is 2.00 bits per heavy atom. The number of anilines is 2. The van der Waals surface area contributed by atoms with Crippen LogP contribution in [-0.2, 0) is 11.3 Å². The Labute approximate surface area is 154 Å². The molecule has 1 aromatic heterocycles. The highest BCUT2D eigenvalue weighted by Gasteiger charge is 2.42. The van der Waals surface area contributed by atoms with E-state index in [-0.39, 0.29) is 0 Å². The molecular weight excluding hydrogens is 326 g/mol. The van der Waals surface area contributed by atoms with Crippen molar-refractivity contribution in [3.05, 3.63) is 48.2 Å². The Hall–Kier alpha value is -2.11. The minimum Gasteiger partial charge on any atom is -0.462 e. The van der Waals surface area contributed by atoms with E-state index in [0.29, 0.717) is 6.61 Å². The van der Waals surface area contributed by atoms with Crippen LogP contribution in [0.2, 0.25) is 0 Å². The third kappa shape index (κ3) is 3.06.